The van der Waals surface area contributed by atoms with E-state index in [0.717, 1.165) is 0 Å². The second kappa shape index (κ2) is 4.30. The normalized spacial score (nSPS) is 20.1. The standard InChI is InChI=1S/C12H26/c1-9(2)11(4)10(3)8-12(5,6)7/h9-11H,8H2,1-7H3/i9T. The fourth-order valence-corrected chi connectivity index (χ4v) is 1.71. The van der Waals surface area contributed by atoms with Crippen molar-refractivity contribution >= 4 is 0 Å². The van der Waals surface area contributed by atoms with Gasteiger partial charge >= 0.3 is 0 Å². The van der Waals surface area contributed by atoms with Crippen LogP contribution in [0.2, 0.25) is 0 Å². The smallest absolute Gasteiger partial charge is 0.0300 e. The van der Waals surface area contributed by atoms with Crippen molar-refractivity contribution in [1.82, 2.24) is 0 Å². The molecule has 0 rings (SSSR count). The minimum atomic E-state index is -0.301. The third-order valence-electron chi connectivity index (χ3n) is 2.70. The van der Waals surface area contributed by atoms with Crippen LogP contribution >= 0.6 is 0 Å². The summed E-state index contributed by atoms with van der Waals surface area (Å²) in [6.07, 6.45) is 1.20. The van der Waals surface area contributed by atoms with Crippen LogP contribution in [0.4, 0.5) is 0 Å². The molecule has 2 unspecified atom stereocenters. The number of hydrogen-bond acceptors (Lipinski definition) is 0. The lowest BCUT2D eigenvalue weighted by Crippen LogP contribution is -2.20. The van der Waals surface area contributed by atoms with E-state index < -0.39 is 0 Å². The third kappa shape index (κ3) is 4.79. The van der Waals surface area contributed by atoms with E-state index in [1.165, 1.54) is 6.42 Å². The molecule has 0 spiro atoms. The van der Waals surface area contributed by atoms with Crippen molar-refractivity contribution in [3.63, 3.8) is 0 Å². The summed E-state index contributed by atoms with van der Waals surface area (Å²) in [5, 5.41) is 0. The molecule has 2 atom stereocenters. The summed E-state index contributed by atoms with van der Waals surface area (Å²) in [6.45, 7) is 15.3. The molecule has 0 aliphatic carbocycles. The number of hydrogen-bond donors (Lipinski definition) is 0. The lowest BCUT2D eigenvalue weighted by Gasteiger charge is -2.29. The molecule has 74 valence electrons. The molecule has 0 aromatic heterocycles. The molecular weight excluding hydrogens is 144 g/mol. The second-order valence-electron chi connectivity index (χ2n) is 5.61. The molecule has 0 saturated carbocycles. The zero-order valence-corrected chi connectivity index (χ0v) is 9.86. The molecule has 0 heteroatoms. The summed E-state index contributed by atoms with van der Waals surface area (Å²) < 4.78 is 7.98. The summed E-state index contributed by atoms with van der Waals surface area (Å²) in [6, 6.07) is 0. The Morgan fingerprint density at radius 3 is 1.75 bits per heavy atom. The van der Waals surface area contributed by atoms with Crippen LogP contribution in [-0.2, 0) is 0 Å². The van der Waals surface area contributed by atoms with E-state index in [4.69, 9.17) is 1.37 Å². The Morgan fingerprint density at radius 2 is 1.50 bits per heavy atom. The predicted molar refractivity (Wildman–Crippen MR) is 57.2 cm³/mol. The molecule has 0 aliphatic heterocycles. The van der Waals surface area contributed by atoms with Crippen molar-refractivity contribution in [3.8, 4) is 0 Å². The maximum absolute atomic E-state index is 7.98. The maximum Gasteiger partial charge on any atom is 0.0300 e. The van der Waals surface area contributed by atoms with Gasteiger partial charge in [0, 0.05) is 1.37 Å². The van der Waals surface area contributed by atoms with Crippen molar-refractivity contribution in [3.05, 3.63) is 0 Å². The first-order valence-corrected chi connectivity index (χ1v) is 5.04. The molecule has 0 radical (unpaired) electrons. The average Bonchev–Trinajstić information content (AvgIpc) is 1.79. The molecule has 0 N–H and O–H groups in total. The van der Waals surface area contributed by atoms with Gasteiger partial charge in [-0.25, -0.2) is 0 Å². The Bertz CT molecular complexity index is 147. The van der Waals surface area contributed by atoms with Crippen molar-refractivity contribution < 1.29 is 1.37 Å². The van der Waals surface area contributed by atoms with Crippen LogP contribution in [0.5, 0.6) is 0 Å². The minimum absolute atomic E-state index is 0.301. The summed E-state index contributed by atoms with van der Waals surface area (Å²) in [5.41, 5.74) is 0.388. The molecule has 0 aliphatic rings. The first-order chi connectivity index (χ1) is 5.54. The monoisotopic (exact) mass is 172 g/mol. The Labute approximate surface area is 80.2 Å². The Morgan fingerprint density at radius 1 is 1.08 bits per heavy atom. The first-order valence-electron chi connectivity index (χ1n) is 5.54. The van der Waals surface area contributed by atoms with Crippen LogP contribution in [0, 0.1) is 23.1 Å². The van der Waals surface area contributed by atoms with Gasteiger partial charge in [0.15, 0.2) is 0 Å². The van der Waals surface area contributed by atoms with Crippen LogP contribution in [0.15, 0.2) is 0 Å². The van der Waals surface area contributed by atoms with Gasteiger partial charge in [-0.3, -0.25) is 0 Å². The van der Waals surface area contributed by atoms with Gasteiger partial charge in [-0.2, -0.15) is 0 Å². The highest BCUT2D eigenvalue weighted by Gasteiger charge is 2.21. The van der Waals surface area contributed by atoms with E-state index in [2.05, 4.69) is 34.6 Å². The van der Waals surface area contributed by atoms with Crippen LogP contribution < -0.4 is 0 Å². The van der Waals surface area contributed by atoms with Gasteiger partial charge in [-0.05, 0) is 29.6 Å². The molecule has 0 saturated heterocycles. The average molecular weight is 172 g/mol. The van der Waals surface area contributed by atoms with Gasteiger partial charge in [0.05, 0.1) is 0 Å². The largest absolute Gasteiger partial charge is 0.0625 e. The Hall–Kier alpha value is 0. The highest BCUT2D eigenvalue weighted by Crippen LogP contribution is 2.31. The van der Waals surface area contributed by atoms with E-state index in [0.29, 0.717) is 17.3 Å². The molecule has 0 amide bonds. The van der Waals surface area contributed by atoms with Gasteiger partial charge in [0.25, 0.3) is 0 Å². The molecule has 0 bridgehead atoms. The van der Waals surface area contributed by atoms with E-state index in [-0.39, 0.29) is 5.89 Å². The minimum Gasteiger partial charge on any atom is -0.0625 e. The van der Waals surface area contributed by atoms with E-state index >= 15 is 0 Å². The molecule has 0 aromatic rings. The van der Waals surface area contributed by atoms with Gasteiger partial charge < -0.3 is 0 Å². The molecule has 0 fully saturated rings. The zero-order chi connectivity index (χ0) is 10.9. The summed E-state index contributed by atoms with van der Waals surface area (Å²) in [5.74, 6) is 0.796. The van der Waals surface area contributed by atoms with Crippen molar-refractivity contribution in [1.29, 1.82) is 0 Å². The van der Waals surface area contributed by atoms with Crippen LogP contribution in [0.25, 0.3) is 0 Å². The lowest BCUT2D eigenvalue weighted by atomic mass is 9.76. The van der Waals surface area contributed by atoms with Crippen molar-refractivity contribution in [2.45, 2.75) is 54.9 Å². The van der Waals surface area contributed by atoms with Crippen LogP contribution in [-0.4, -0.2) is 0 Å². The SMILES string of the molecule is [3H]C(C)(C)C(C)C(C)CC(C)(C)C. The maximum atomic E-state index is 7.98. The fraction of sp³-hybridized carbons (Fsp3) is 1.00. The van der Waals surface area contributed by atoms with Gasteiger partial charge in [0.1, 0.15) is 0 Å². The summed E-state index contributed by atoms with van der Waals surface area (Å²) in [7, 11) is 0. The summed E-state index contributed by atoms with van der Waals surface area (Å²) in [4.78, 5) is 0. The van der Waals surface area contributed by atoms with E-state index in [1.54, 1.807) is 0 Å². The van der Waals surface area contributed by atoms with E-state index in [9.17, 15) is 0 Å². The topological polar surface area (TPSA) is 0 Å². The van der Waals surface area contributed by atoms with Gasteiger partial charge in [0.2, 0.25) is 0 Å². The van der Waals surface area contributed by atoms with Gasteiger partial charge in [-0.1, -0.05) is 48.5 Å². The Balaban J connectivity index is 4.20. The molecule has 0 heterocycles. The molecule has 0 nitrogen and oxygen atoms in total. The van der Waals surface area contributed by atoms with Crippen LogP contribution in [0.1, 0.15) is 56.3 Å². The molecule has 12 heavy (non-hydrogen) atoms. The fourth-order valence-electron chi connectivity index (χ4n) is 1.71. The Kier molecular flexibility index (Phi) is 3.61. The van der Waals surface area contributed by atoms with Crippen molar-refractivity contribution in [2.75, 3.05) is 0 Å². The predicted octanol–water partition coefficient (Wildman–Crippen LogP) is 4.35. The zero-order valence-electron chi connectivity index (χ0n) is 10.9. The number of rotatable bonds is 3. The molecular formula is C12H26. The summed E-state index contributed by atoms with van der Waals surface area (Å²) >= 11 is 0. The molecule has 0 aromatic carbocycles. The highest BCUT2D eigenvalue weighted by molar-refractivity contribution is 4.71. The second-order valence-corrected chi connectivity index (χ2v) is 5.61. The first kappa shape index (κ1) is 10.1. The van der Waals surface area contributed by atoms with E-state index in [1.807, 2.05) is 13.8 Å². The third-order valence-corrected chi connectivity index (χ3v) is 2.70. The quantitative estimate of drug-likeness (QED) is 0.593. The van der Waals surface area contributed by atoms with Gasteiger partial charge in [-0.15, -0.1) is 0 Å². The van der Waals surface area contributed by atoms with Crippen molar-refractivity contribution in [2.24, 2.45) is 23.1 Å². The lowest BCUT2D eigenvalue weighted by molar-refractivity contribution is 0.211. The highest BCUT2D eigenvalue weighted by atomic mass is 14.3. The van der Waals surface area contributed by atoms with Crippen LogP contribution in [0.3, 0.4) is 0 Å².